The van der Waals surface area contributed by atoms with E-state index in [1.54, 1.807) is 30.3 Å². The van der Waals surface area contributed by atoms with E-state index in [-0.39, 0.29) is 36.7 Å². The zero-order chi connectivity index (χ0) is 25.8. The molecule has 0 saturated carbocycles. The quantitative estimate of drug-likeness (QED) is 0.387. The highest BCUT2D eigenvalue weighted by atomic mass is 32.2. The van der Waals surface area contributed by atoms with Crippen molar-refractivity contribution in [2.45, 2.75) is 25.1 Å². The van der Waals surface area contributed by atoms with E-state index in [0.29, 0.717) is 11.1 Å². The maximum Gasteiger partial charge on any atom is 0.344 e. The number of urea groups is 1. The third-order valence-corrected chi connectivity index (χ3v) is 7.68. The summed E-state index contributed by atoms with van der Waals surface area (Å²) in [7, 11) is -2.17. The van der Waals surface area contributed by atoms with Crippen molar-refractivity contribution in [1.29, 1.82) is 0 Å². The zero-order valence-corrected chi connectivity index (χ0v) is 20.1. The van der Waals surface area contributed by atoms with Crippen molar-refractivity contribution < 1.29 is 28.0 Å². The molecule has 0 radical (unpaired) electrons. The molecule has 0 aromatic heterocycles. The van der Waals surface area contributed by atoms with Gasteiger partial charge in [-0.3, -0.25) is 14.9 Å². The second-order valence-electron chi connectivity index (χ2n) is 8.26. The molecule has 0 saturated heterocycles. The average Bonchev–Trinajstić information content (AvgIpc) is 2.80. The molecule has 11 nitrogen and oxygen atoms in total. The van der Waals surface area contributed by atoms with E-state index in [2.05, 4.69) is 4.99 Å². The van der Waals surface area contributed by atoms with Crippen LogP contribution in [0.1, 0.15) is 30.5 Å². The number of carbonyl (C=O) groups excluding carboxylic acids is 1. The summed E-state index contributed by atoms with van der Waals surface area (Å²) in [4.78, 5) is 40.6. The number of nitrogens with zero attached hydrogens (tertiary/aromatic N) is 4. The molecule has 0 aliphatic carbocycles. The molecule has 0 fully saturated rings. The number of hydrogen-bond donors (Lipinski definition) is 1. The third-order valence-electron chi connectivity index (χ3n) is 5.85. The van der Waals surface area contributed by atoms with Gasteiger partial charge in [-0.05, 0) is 24.5 Å². The summed E-state index contributed by atoms with van der Waals surface area (Å²) in [6.07, 6.45) is 0.211. The number of aliphatic carboxylic acids is 1. The Balaban J connectivity index is 1.80. The number of carboxylic acid groups (broad SMARTS) is 1. The van der Waals surface area contributed by atoms with Gasteiger partial charge < -0.3 is 10.0 Å². The number of carbonyl (C=O) groups is 2. The number of amides is 2. The summed E-state index contributed by atoms with van der Waals surface area (Å²) in [6.45, 7) is 1.53. The second-order valence-corrected chi connectivity index (χ2v) is 10.3. The van der Waals surface area contributed by atoms with Gasteiger partial charge in [0.1, 0.15) is 5.92 Å². The topological polar surface area (TPSA) is 150 Å². The lowest BCUT2D eigenvalue weighted by Crippen LogP contribution is -2.47. The Morgan fingerprint density at radius 3 is 2.51 bits per heavy atom. The van der Waals surface area contributed by atoms with Crippen molar-refractivity contribution in [3.05, 3.63) is 75.8 Å². The fourth-order valence-corrected chi connectivity index (χ4v) is 5.29. The lowest BCUT2D eigenvalue weighted by atomic mass is 9.86. The van der Waals surface area contributed by atoms with Gasteiger partial charge in [-0.15, -0.1) is 0 Å². The molecule has 3 rings (SSSR count). The zero-order valence-electron chi connectivity index (χ0n) is 19.3. The SMILES string of the molecule is CC1=NC(=O)N(CCCN(C)S(=O)(=O)Cc2ccccc2)C(c2cccc([N+](=O)[O-])c2)C1C(=O)O. The fourth-order valence-electron chi connectivity index (χ4n) is 4.05. The smallest absolute Gasteiger partial charge is 0.344 e. The standard InChI is InChI=1S/C23H26N4O7S/c1-16-20(22(28)29)21(18-10-6-11-19(14-18)27(31)32)26(23(30)24-16)13-7-12-25(2)35(33,34)15-17-8-4-3-5-9-17/h3-6,8-11,14,20-21H,7,12-13,15H2,1-2H3,(H,28,29). The van der Waals surface area contributed by atoms with Crippen molar-refractivity contribution >= 4 is 33.4 Å². The molecule has 0 spiro atoms. The maximum absolute atomic E-state index is 12.8. The van der Waals surface area contributed by atoms with Gasteiger partial charge in [0.2, 0.25) is 10.0 Å². The van der Waals surface area contributed by atoms with Crippen LogP contribution in [0.3, 0.4) is 0 Å². The number of nitro groups is 1. The minimum absolute atomic E-state index is 0.0119. The Bertz CT molecular complexity index is 1250. The predicted octanol–water partition coefficient (Wildman–Crippen LogP) is 3.09. The van der Waals surface area contributed by atoms with Crippen molar-refractivity contribution in [1.82, 2.24) is 9.21 Å². The van der Waals surface area contributed by atoms with E-state index in [1.807, 2.05) is 0 Å². The van der Waals surface area contributed by atoms with Crippen LogP contribution in [0, 0.1) is 16.0 Å². The minimum Gasteiger partial charge on any atom is -0.481 e. The molecular weight excluding hydrogens is 476 g/mol. The number of carboxylic acids is 1. The number of rotatable bonds is 10. The molecule has 2 unspecified atom stereocenters. The Morgan fingerprint density at radius 2 is 1.89 bits per heavy atom. The second kappa shape index (κ2) is 10.7. The number of benzene rings is 2. The van der Waals surface area contributed by atoms with E-state index < -0.39 is 38.9 Å². The van der Waals surface area contributed by atoms with Crippen LogP contribution in [0.25, 0.3) is 0 Å². The highest BCUT2D eigenvalue weighted by Gasteiger charge is 2.42. The van der Waals surface area contributed by atoms with E-state index in [0.717, 1.165) is 0 Å². The molecule has 2 atom stereocenters. The lowest BCUT2D eigenvalue weighted by molar-refractivity contribution is -0.385. The number of nitro benzene ring substituents is 1. The molecule has 1 aliphatic rings. The first kappa shape index (κ1) is 26.0. The van der Waals surface area contributed by atoms with Gasteiger partial charge in [0.15, 0.2) is 0 Å². The molecule has 2 aromatic carbocycles. The van der Waals surface area contributed by atoms with Crippen molar-refractivity contribution in [2.24, 2.45) is 10.9 Å². The van der Waals surface area contributed by atoms with Crippen LogP contribution in [0.15, 0.2) is 59.6 Å². The molecule has 1 aliphatic heterocycles. The molecule has 1 N–H and O–H groups in total. The van der Waals surface area contributed by atoms with Gasteiger partial charge in [-0.25, -0.2) is 22.5 Å². The van der Waals surface area contributed by atoms with Crippen LogP contribution >= 0.6 is 0 Å². The Hall–Kier alpha value is -3.64. The van der Waals surface area contributed by atoms with Crippen LogP contribution in [-0.2, 0) is 20.6 Å². The molecule has 1 heterocycles. The first-order valence-electron chi connectivity index (χ1n) is 10.8. The Kier molecular flexibility index (Phi) is 7.97. The first-order chi connectivity index (χ1) is 16.5. The van der Waals surface area contributed by atoms with Crippen molar-refractivity contribution in [2.75, 3.05) is 20.1 Å². The summed E-state index contributed by atoms with van der Waals surface area (Å²) in [5.74, 6) is -2.59. The van der Waals surface area contributed by atoms with Gasteiger partial charge in [0.25, 0.3) is 5.69 Å². The van der Waals surface area contributed by atoms with E-state index in [4.69, 9.17) is 0 Å². The Labute approximate surface area is 202 Å². The number of hydrogen-bond acceptors (Lipinski definition) is 6. The van der Waals surface area contributed by atoms with Gasteiger partial charge in [-0.2, -0.15) is 0 Å². The van der Waals surface area contributed by atoms with Crippen LogP contribution < -0.4 is 0 Å². The Morgan fingerprint density at radius 1 is 1.20 bits per heavy atom. The highest BCUT2D eigenvalue weighted by Crippen LogP contribution is 2.35. The summed E-state index contributed by atoms with van der Waals surface area (Å²) in [5, 5.41) is 21.1. The van der Waals surface area contributed by atoms with Gasteiger partial charge in [0, 0.05) is 38.0 Å². The normalized spacial score (nSPS) is 18.4. The van der Waals surface area contributed by atoms with Crippen LogP contribution in [0.2, 0.25) is 0 Å². The van der Waals surface area contributed by atoms with Crippen LogP contribution in [0.5, 0.6) is 0 Å². The number of non-ortho nitro benzene ring substituents is 1. The molecular formula is C23H26N4O7S. The van der Waals surface area contributed by atoms with E-state index >= 15 is 0 Å². The van der Waals surface area contributed by atoms with E-state index in [9.17, 15) is 33.2 Å². The van der Waals surface area contributed by atoms with Crippen LogP contribution in [0.4, 0.5) is 10.5 Å². The molecule has 2 amide bonds. The number of aliphatic imine (C=N–C) groups is 1. The fraction of sp³-hybridized carbons (Fsp3) is 0.348. The maximum atomic E-state index is 12.8. The summed E-state index contributed by atoms with van der Waals surface area (Å²) < 4.78 is 26.6. The first-order valence-corrected chi connectivity index (χ1v) is 12.4. The summed E-state index contributed by atoms with van der Waals surface area (Å²) in [5.41, 5.74) is 0.799. The molecule has 12 heteroatoms. The van der Waals surface area contributed by atoms with Gasteiger partial charge >= 0.3 is 12.0 Å². The molecule has 0 bridgehead atoms. The average molecular weight is 503 g/mol. The van der Waals surface area contributed by atoms with E-state index in [1.165, 1.54) is 47.4 Å². The third kappa shape index (κ3) is 6.08. The number of sulfonamides is 1. The lowest BCUT2D eigenvalue weighted by Gasteiger charge is -2.38. The van der Waals surface area contributed by atoms with Gasteiger partial charge in [0.05, 0.1) is 16.7 Å². The molecule has 2 aromatic rings. The summed E-state index contributed by atoms with van der Waals surface area (Å²) in [6, 6.07) is 12.5. The largest absolute Gasteiger partial charge is 0.481 e. The van der Waals surface area contributed by atoms with Crippen molar-refractivity contribution in [3.63, 3.8) is 0 Å². The minimum atomic E-state index is -3.61. The highest BCUT2D eigenvalue weighted by molar-refractivity contribution is 7.88. The monoisotopic (exact) mass is 502 g/mol. The van der Waals surface area contributed by atoms with Crippen LogP contribution in [-0.4, -0.2) is 65.5 Å². The predicted molar refractivity (Wildman–Crippen MR) is 128 cm³/mol. The molecule has 186 valence electrons. The molecule has 35 heavy (non-hydrogen) atoms. The van der Waals surface area contributed by atoms with Crippen molar-refractivity contribution in [3.8, 4) is 0 Å². The summed E-state index contributed by atoms with van der Waals surface area (Å²) >= 11 is 0. The van der Waals surface area contributed by atoms with Gasteiger partial charge in [-0.1, -0.05) is 42.5 Å².